The van der Waals surface area contributed by atoms with Gasteiger partial charge in [0.05, 0.1) is 23.4 Å². The van der Waals surface area contributed by atoms with E-state index in [1.54, 1.807) is 31.6 Å². The van der Waals surface area contributed by atoms with E-state index in [2.05, 4.69) is 10.3 Å². The van der Waals surface area contributed by atoms with Gasteiger partial charge in [-0.15, -0.1) is 0 Å². The van der Waals surface area contributed by atoms with Gasteiger partial charge in [0.25, 0.3) is 0 Å². The van der Waals surface area contributed by atoms with Crippen molar-refractivity contribution in [3.63, 3.8) is 0 Å². The van der Waals surface area contributed by atoms with Gasteiger partial charge in [0.2, 0.25) is 5.91 Å². The maximum absolute atomic E-state index is 12.1. The zero-order valence-electron chi connectivity index (χ0n) is 10.7. The molecule has 0 radical (unpaired) electrons. The molecule has 19 heavy (non-hydrogen) atoms. The molecular formula is C12H17N3O3S. The zero-order valence-corrected chi connectivity index (χ0v) is 11.6. The first-order valence-electron chi connectivity index (χ1n) is 6.08. The summed E-state index contributed by atoms with van der Waals surface area (Å²) in [5.74, 6) is 0.0538. The summed E-state index contributed by atoms with van der Waals surface area (Å²) >= 11 is 0. The second-order valence-electron chi connectivity index (χ2n) is 4.63. The molecule has 0 aromatic carbocycles. The topological polar surface area (TPSA) is 79.4 Å². The van der Waals surface area contributed by atoms with Gasteiger partial charge < -0.3 is 10.2 Å². The third-order valence-electron chi connectivity index (χ3n) is 3.13. The van der Waals surface area contributed by atoms with Crippen molar-refractivity contribution in [1.82, 2.24) is 10.3 Å². The highest BCUT2D eigenvalue weighted by atomic mass is 32.2. The minimum atomic E-state index is -3.01. The SMILES string of the molecule is CN(C(=O)CC1CS(=O)(=O)CCN1)c1cccnc1. The minimum absolute atomic E-state index is 0.0274. The molecule has 104 valence electrons. The summed E-state index contributed by atoms with van der Waals surface area (Å²) in [7, 11) is -1.35. The number of hydrogen-bond donors (Lipinski definition) is 1. The van der Waals surface area contributed by atoms with E-state index >= 15 is 0 Å². The Morgan fingerprint density at radius 1 is 1.58 bits per heavy atom. The number of nitrogens with one attached hydrogen (secondary N) is 1. The van der Waals surface area contributed by atoms with Gasteiger partial charge in [-0.25, -0.2) is 8.42 Å². The van der Waals surface area contributed by atoms with E-state index in [4.69, 9.17) is 0 Å². The standard InChI is InChI=1S/C12H17N3O3S/c1-15(11-3-2-4-13-8-11)12(16)7-10-9-19(17,18)6-5-14-10/h2-4,8,10,14H,5-7,9H2,1H3. The Morgan fingerprint density at radius 2 is 2.37 bits per heavy atom. The molecule has 1 aromatic rings. The molecule has 1 atom stereocenters. The van der Waals surface area contributed by atoms with Gasteiger partial charge in [0.1, 0.15) is 0 Å². The summed E-state index contributed by atoms with van der Waals surface area (Å²) in [4.78, 5) is 17.5. The zero-order chi connectivity index (χ0) is 13.9. The third kappa shape index (κ3) is 3.74. The molecule has 1 fully saturated rings. The van der Waals surface area contributed by atoms with Crippen molar-refractivity contribution in [3.05, 3.63) is 24.5 Å². The maximum atomic E-state index is 12.1. The van der Waals surface area contributed by atoms with Crippen LogP contribution in [0.1, 0.15) is 6.42 Å². The number of anilines is 1. The first-order valence-corrected chi connectivity index (χ1v) is 7.90. The van der Waals surface area contributed by atoms with E-state index in [0.29, 0.717) is 12.2 Å². The molecule has 0 bridgehead atoms. The van der Waals surface area contributed by atoms with E-state index in [1.165, 1.54) is 4.90 Å². The van der Waals surface area contributed by atoms with Gasteiger partial charge in [0.15, 0.2) is 9.84 Å². The molecular weight excluding hydrogens is 266 g/mol. The molecule has 1 saturated heterocycles. The number of carbonyl (C=O) groups is 1. The molecule has 6 nitrogen and oxygen atoms in total. The average Bonchev–Trinajstić information content (AvgIpc) is 2.37. The van der Waals surface area contributed by atoms with Crippen LogP contribution in [-0.2, 0) is 14.6 Å². The van der Waals surface area contributed by atoms with Crippen LogP contribution in [0.5, 0.6) is 0 Å². The van der Waals surface area contributed by atoms with E-state index in [0.717, 1.165) is 0 Å². The summed E-state index contributed by atoms with van der Waals surface area (Å²) in [5.41, 5.74) is 0.700. The summed E-state index contributed by atoms with van der Waals surface area (Å²) in [6.07, 6.45) is 3.41. The predicted molar refractivity (Wildman–Crippen MR) is 72.7 cm³/mol. The maximum Gasteiger partial charge on any atom is 0.228 e. The highest BCUT2D eigenvalue weighted by molar-refractivity contribution is 7.91. The Hall–Kier alpha value is -1.47. The van der Waals surface area contributed by atoms with Gasteiger partial charge in [-0.2, -0.15) is 0 Å². The van der Waals surface area contributed by atoms with Crippen LogP contribution >= 0.6 is 0 Å². The minimum Gasteiger partial charge on any atom is -0.314 e. The van der Waals surface area contributed by atoms with Crippen LogP contribution < -0.4 is 10.2 Å². The van der Waals surface area contributed by atoms with Crippen LogP contribution in [0.3, 0.4) is 0 Å². The van der Waals surface area contributed by atoms with Gasteiger partial charge in [-0.1, -0.05) is 0 Å². The molecule has 1 aliphatic rings. The summed E-state index contributed by atoms with van der Waals surface area (Å²) in [6.45, 7) is 0.414. The van der Waals surface area contributed by atoms with Gasteiger partial charge in [-0.05, 0) is 12.1 Å². The fraction of sp³-hybridized carbons (Fsp3) is 0.500. The molecule has 0 aliphatic carbocycles. The number of sulfone groups is 1. The lowest BCUT2D eigenvalue weighted by molar-refractivity contribution is -0.118. The molecule has 7 heteroatoms. The largest absolute Gasteiger partial charge is 0.314 e. The van der Waals surface area contributed by atoms with Crippen LogP contribution in [0.4, 0.5) is 5.69 Å². The molecule has 0 saturated carbocycles. The average molecular weight is 283 g/mol. The van der Waals surface area contributed by atoms with Crippen molar-refractivity contribution in [3.8, 4) is 0 Å². The van der Waals surface area contributed by atoms with Crippen LogP contribution in [0.2, 0.25) is 0 Å². The molecule has 0 spiro atoms. The third-order valence-corrected chi connectivity index (χ3v) is 4.87. The number of nitrogens with zero attached hydrogens (tertiary/aromatic N) is 2. The number of carbonyl (C=O) groups excluding carboxylic acids is 1. The Labute approximate surface area is 112 Å². The van der Waals surface area contributed by atoms with E-state index in [9.17, 15) is 13.2 Å². The molecule has 1 amide bonds. The van der Waals surface area contributed by atoms with E-state index < -0.39 is 9.84 Å². The van der Waals surface area contributed by atoms with E-state index in [1.807, 2.05) is 0 Å². The first kappa shape index (κ1) is 14.0. The molecule has 1 N–H and O–H groups in total. The summed E-state index contributed by atoms with van der Waals surface area (Å²) in [6, 6.07) is 3.24. The number of pyridine rings is 1. The number of hydrogen-bond acceptors (Lipinski definition) is 5. The number of aromatic nitrogens is 1. The molecule has 1 aliphatic heterocycles. The Balaban J connectivity index is 1.98. The van der Waals surface area contributed by atoms with Crippen molar-refractivity contribution in [2.75, 3.05) is 30.0 Å². The molecule has 2 rings (SSSR count). The Morgan fingerprint density at radius 3 is 3.00 bits per heavy atom. The van der Waals surface area contributed by atoms with E-state index in [-0.39, 0.29) is 29.9 Å². The van der Waals surface area contributed by atoms with Crippen molar-refractivity contribution in [1.29, 1.82) is 0 Å². The smallest absolute Gasteiger partial charge is 0.228 e. The van der Waals surface area contributed by atoms with Crippen LogP contribution in [0.25, 0.3) is 0 Å². The van der Waals surface area contributed by atoms with Crippen LogP contribution in [0.15, 0.2) is 24.5 Å². The first-order chi connectivity index (χ1) is 8.98. The summed E-state index contributed by atoms with van der Waals surface area (Å²) < 4.78 is 23.0. The quantitative estimate of drug-likeness (QED) is 0.832. The Kier molecular flexibility index (Phi) is 4.16. The van der Waals surface area contributed by atoms with Crippen molar-refractivity contribution < 1.29 is 13.2 Å². The van der Waals surface area contributed by atoms with Crippen molar-refractivity contribution >= 4 is 21.4 Å². The molecule has 1 unspecified atom stereocenters. The lowest BCUT2D eigenvalue weighted by Crippen LogP contribution is -2.47. The van der Waals surface area contributed by atoms with Crippen LogP contribution in [-0.4, -0.2) is 50.4 Å². The lowest BCUT2D eigenvalue weighted by atomic mass is 10.2. The normalized spacial score (nSPS) is 21.8. The Bertz CT molecular complexity index is 545. The molecule has 2 heterocycles. The van der Waals surface area contributed by atoms with Crippen LogP contribution in [0, 0.1) is 0 Å². The van der Waals surface area contributed by atoms with Gasteiger partial charge >= 0.3 is 0 Å². The van der Waals surface area contributed by atoms with Crippen molar-refractivity contribution in [2.45, 2.75) is 12.5 Å². The monoisotopic (exact) mass is 283 g/mol. The highest BCUT2D eigenvalue weighted by Gasteiger charge is 2.27. The fourth-order valence-electron chi connectivity index (χ4n) is 2.04. The second kappa shape index (κ2) is 5.66. The van der Waals surface area contributed by atoms with Gasteiger partial charge in [-0.3, -0.25) is 9.78 Å². The van der Waals surface area contributed by atoms with Crippen molar-refractivity contribution in [2.24, 2.45) is 0 Å². The van der Waals surface area contributed by atoms with Gasteiger partial charge in [0, 0.05) is 32.3 Å². The summed E-state index contributed by atoms with van der Waals surface area (Å²) in [5, 5.41) is 3.07. The molecule has 1 aromatic heterocycles. The highest BCUT2D eigenvalue weighted by Crippen LogP contribution is 2.13. The number of rotatable bonds is 3. The fourth-order valence-corrected chi connectivity index (χ4v) is 3.49. The second-order valence-corrected chi connectivity index (χ2v) is 6.86. The lowest BCUT2D eigenvalue weighted by Gasteiger charge is -2.25. The predicted octanol–water partition coefficient (Wildman–Crippen LogP) is -0.179. The number of amides is 1.